The first-order valence-corrected chi connectivity index (χ1v) is 47.7. The van der Waals surface area contributed by atoms with Gasteiger partial charge >= 0.3 is 19.8 Å². The number of allylic oxidation sites excluding steroid dienone is 2. The third-order valence-corrected chi connectivity index (χ3v) is 22.6. The fraction of sp³-hybridized carbons (Fsp3) is 0.956. The summed E-state index contributed by atoms with van der Waals surface area (Å²) in [4.78, 5) is 35.5. The van der Waals surface area contributed by atoms with Crippen molar-refractivity contribution in [3.8, 4) is 0 Å². The van der Waals surface area contributed by atoms with E-state index in [0.717, 1.165) is 32.1 Å². The standard InChI is InChI=1S/C91H180NO8P/c1-3-5-7-9-11-13-15-17-19-21-23-25-27-29-31-33-35-37-39-41-43-44-46-47-49-51-53-55-57-59-61-63-65-67-69-71-73-75-77-79-81-83-90(93)97-87-89(88-99-101(95,96)98-86-85-92)100-91(94)84-82-80-78-76-74-72-70-68-66-64-62-60-58-56-54-52-50-48-45-42-40-38-36-34-32-30-28-26-24-22-20-18-16-14-12-10-8-6-4-2/h22,24,89H,3-21,23,25-88,92H2,1-2H3,(H,95,96)/b24-22-. The fourth-order valence-corrected chi connectivity index (χ4v) is 15.6. The topological polar surface area (TPSA) is 134 Å². The summed E-state index contributed by atoms with van der Waals surface area (Å²) >= 11 is 0. The molecule has 0 fully saturated rings. The van der Waals surface area contributed by atoms with Crippen LogP contribution in [0.4, 0.5) is 0 Å². The van der Waals surface area contributed by atoms with E-state index in [9.17, 15) is 19.0 Å². The number of esters is 2. The number of phosphoric acid groups is 1. The van der Waals surface area contributed by atoms with Crippen LogP contribution in [0.1, 0.15) is 528 Å². The van der Waals surface area contributed by atoms with Crippen LogP contribution in [0.3, 0.4) is 0 Å². The monoisotopic (exact) mass is 1450 g/mol. The molecular weight excluding hydrogens is 1270 g/mol. The van der Waals surface area contributed by atoms with Gasteiger partial charge in [-0.3, -0.25) is 18.6 Å². The number of hydrogen-bond donors (Lipinski definition) is 2. The van der Waals surface area contributed by atoms with Crippen LogP contribution in [-0.2, 0) is 32.7 Å². The molecule has 3 N–H and O–H groups in total. The molecule has 0 saturated carbocycles. The van der Waals surface area contributed by atoms with E-state index in [2.05, 4.69) is 26.0 Å². The molecule has 0 radical (unpaired) electrons. The van der Waals surface area contributed by atoms with Crippen molar-refractivity contribution in [3.05, 3.63) is 12.2 Å². The largest absolute Gasteiger partial charge is 0.472 e. The summed E-state index contributed by atoms with van der Waals surface area (Å²) in [5.74, 6) is -0.793. The summed E-state index contributed by atoms with van der Waals surface area (Å²) in [6.45, 7) is 3.86. The van der Waals surface area contributed by atoms with Gasteiger partial charge in [0, 0.05) is 19.4 Å². The molecule has 0 amide bonds. The number of nitrogens with two attached hydrogens (primary N) is 1. The SMILES string of the molecule is CCCCCCCCCC/C=C\CCCCCCCCCCCCCCCCCCCCCCCCCCCCCC(=O)OC(COC(=O)CCCCCCCCCCCCCCCCCCCCCCCCCCCCCCCCCCCCCCCCCCC)COP(=O)(O)OCCN. The lowest BCUT2D eigenvalue weighted by Crippen LogP contribution is -2.29. The van der Waals surface area contributed by atoms with Gasteiger partial charge in [-0.25, -0.2) is 4.57 Å². The zero-order valence-corrected chi connectivity index (χ0v) is 69.4. The molecule has 0 aromatic heterocycles. The summed E-state index contributed by atoms with van der Waals surface area (Å²) in [5, 5.41) is 0. The van der Waals surface area contributed by atoms with Gasteiger partial charge in [-0.15, -0.1) is 0 Å². The molecule has 602 valence electrons. The molecule has 0 spiro atoms. The first-order valence-electron chi connectivity index (χ1n) is 46.2. The number of phosphoric ester groups is 1. The average Bonchev–Trinajstić information content (AvgIpc) is 1.01. The van der Waals surface area contributed by atoms with Gasteiger partial charge in [0.2, 0.25) is 0 Å². The molecule has 0 aromatic rings. The highest BCUT2D eigenvalue weighted by atomic mass is 31.2. The van der Waals surface area contributed by atoms with E-state index < -0.39 is 26.5 Å². The number of unbranched alkanes of at least 4 members (excludes halogenated alkanes) is 75. The summed E-state index contributed by atoms with van der Waals surface area (Å²) < 4.78 is 33.4. The number of rotatable bonds is 90. The fourth-order valence-electron chi connectivity index (χ4n) is 14.8. The summed E-state index contributed by atoms with van der Waals surface area (Å²) in [5.41, 5.74) is 5.43. The minimum atomic E-state index is -4.39. The minimum Gasteiger partial charge on any atom is -0.462 e. The second-order valence-corrected chi connectivity index (χ2v) is 33.3. The van der Waals surface area contributed by atoms with E-state index in [1.807, 2.05) is 0 Å². The first-order chi connectivity index (χ1) is 49.8. The predicted molar refractivity (Wildman–Crippen MR) is 441 cm³/mol. The zero-order chi connectivity index (χ0) is 72.9. The predicted octanol–water partition coefficient (Wildman–Crippen LogP) is 31.3. The lowest BCUT2D eigenvalue weighted by Gasteiger charge is -2.19. The molecule has 2 atom stereocenters. The van der Waals surface area contributed by atoms with Gasteiger partial charge in [0.1, 0.15) is 6.61 Å². The lowest BCUT2D eigenvalue weighted by atomic mass is 10.0. The Bertz CT molecular complexity index is 1660. The van der Waals surface area contributed by atoms with Gasteiger partial charge in [0.15, 0.2) is 6.10 Å². The molecule has 0 aliphatic carbocycles. The molecule has 0 saturated heterocycles. The van der Waals surface area contributed by atoms with Crippen molar-refractivity contribution >= 4 is 19.8 Å². The Kier molecular flexibility index (Phi) is 86.6. The molecule has 0 aliphatic heterocycles. The van der Waals surface area contributed by atoms with E-state index in [4.69, 9.17) is 24.3 Å². The van der Waals surface area contributed by atoms with Crippen molar-refractivity contribution < 1.29 is 37.6 Å². The van der Waals surface area contributed by atoms with Crippen LogP contribution in [0, 0.1) is 0 Å². The van der Waals surface area contributed by atoms with Crippen molar-refractivity contribution in [1.29, 1.82) is 0 Å². The smallest absolute Gasteiger partial charge is 0.462 e. The minimum absolute atomic E-state index is 0.0584. The Morgan fingerprint density at radius 1 is 0.287 bits per heavy atom. The Hall–Kier alpha value is -1.25. The summed E-state index contributed by atoms with van der Waals surface area (Å²) in [6.07, 6.45) is 111. The summed E-state index contributed by atoms with van der Waals surface area (Å²) in [6, 6.07) is 0. The maximum Gasteiger partial charge on any atom is 0.472 e. The molecule has 0 aromatic carbocycles. The first kappa shape index (κ1) is 99.8. The van der Waals surface area contributed by atoms with Crippen LogP contribution in [0.15, 0.2) is 12.2 Å². The van der Waals surface area contributed by atoms with Gasteiger partial charge in [-0.2, -0.15) is 0 Å². The molecule has 101 heavy (non-hydrogen) atoms. The second-order valence-electron chi connectivity index (χ2n) is 31.9. The molecular formula is C91H180NO8P. The Morgan fingerprint density at radius 2 is 0.485 bits per heavy atom. The number of hydrogen-bond acceptors (Lipinski definition) is 8. The van der Waals surface area contributed by atoms with Crippen molar-refractivity contribution in [1.82, 2.24) is 0 Å². The van der Waals surface area contributed by atoms with Crippen LogP contribution < -0.4 is 5.73 Å². The maximum absolute atomic E-state index is 12.8. The van der Waals surface area contributed by atoms with E-state index in [1.165, 1.54) is 462 Å². The number of carbonyl (C=O) groups excluding carboxylic acids is 2. The third kappa shape index (κ3) is 87.6. The highest BCUT2D eigenvalue weighted by Crippen LogP contribution is 2.43. The van der Waals surface area contributed by atoms with E-state index in [-0.39, 0.29) is 32.1 Å². The molecule has 0 bridgehead atoms. The van der Waals surface area contributed by atoms with Crippen LogP contribution in [0.5, 0.6) is 0 Å². The maximum atomic E-state index is 12.8. The number of carbonyl (C=O) groups is 2. The van der Waals surface area contributed by atoms with Crippen molar-refractivity contribution in [2.45, 2.75) is 534 Å². The van der Waals surface area contributed by atoms with Gasteiger partial charge in [0.25, 0.3) is 0 Å². The Labute approximate surface area is 631 Å². The van der Waals surface area contributed by atoms with Gasteiger partial charge < -0.3 is 20.1 Å². The van der Waals surface area contributed by atoms with Crippen molar-refractivity contribution in [2.75, 3.05) is 26.4 Å². The molecule has 0 aliphatic rings. The number of ether oxygens (including phenoxy) is 2. The van der Waals surface area contributed by atoms with E-state index >= 15 is 0 Å². The quantitative estimate of drug-likeness (QED) is 0.0264. The lowest BCUT2D eigenvalue weighted by molar-refractivity contribution is -0.161. The van der Waals surface area contributed by atoms with Gasteiger partial charge in [0.05, 0.1) is 13.2 Å². The van der Waals surface area contributed by atoms with E-state index in [1.54, 1.807) is 0 Å². The van der Waals surface area contributed by atoms with Crippen molar-refractivity contribution in [3.63, 3.8) is 0 Å². The highest BCUT2D eigenvalue weighted by Gasteiger charge is 2.26. The van der Waals surface area contributed by atoms with Crippen LogP contribution in [-0.4, -0.2) is 49.3 Å². The third-order valence-electron chi connectivity index (χ3n) is 21.7. The van der Waals surface area contributed by atoms with Crippen LogP contribution in [0.2, 0.25) is 0 Å². The summed E-state index contributed by atoms with van der Waals surface area (Å²) in [7, 11) is -4.39. The normalized spacial score (nSPS) is 12.7. The average molecular weight is 1450 g/mol. The molecule has 0 heterocycles. The van der Waals surface area contributed by atoms with Crippen molar-refractivity contribution in [2.24, 2.45) is 5.73 Å². The van der Waals surface area contributed by atoms with E-state index in [0.29, 0.717) is 12.8 Å². The van der Waals surface area contributed by atoms with Crippen LogP contribution >= 0.6 is 7.82 Å². The van der Waals surface area contributed by atoms with Gasteiger partial charge in [-0.1, -0.05) is 488 Å². The van der Waals surface area contributed by atoms with Crippen LogP contribution in [0.25, 0.3) is 0 Å². The zero-order valence-electron chi connectivity index (χ0n) is 68.5. The second kappa shape index (κ2) is 87.7. The molecule has 9 nitrogen and oxygen atoms in total. The molecule has 10 heteroatoms. The highest BCUT2D eigenvalue weighted by molar-refractivity contribution is 7.47. The Balaban J connectivity index is 3.66. The Morgan fingerprint density at radius 3 is 0.703 bits per heavy atom. The van der Waals surface area contributed by atoms with Gasteiger partial charge in [-0.05, 0) is 38.5 Å². The molecule has 2 unspecified atom stereocenters. The molecule has 0 rings (SSSR count).